The van der Waals surface area contributed by atoms with Crippen molar-refractivity contribution in [2.75, 3.05) is 23.3 Å². The van der Waals surface area contributed by atoms with Gasteiger partial charge in [0, 0.05) is 35.5 Å². The van der Waals surface area contributed by atoms with Crippen molar-refractivity contribution in [2.24, 2.45) is 0 Å². The SMILES string of the molecule is O=C(Nc1nc(-c2cc3ccccc3o2)cs1)c1ccc(N2CCCCC2)c([N+](=O)[O-])c1. The summed E-state index contributed by atoms with van der Waals surface area (Å²) < 4.78 is 5.82. The summed E-state index contributed by atoms with van der Waals surface area (Å²) in [5.41, 5.74) is 2.11. The van der Waals surface area contributed by atoms with Crippen molar-refractivity contribution in [3.63, 3.8) is 0 Å². The van der Waals surface area contributed by atoms with Crippen LogP contribution < -0.4 is 10.2 Å². The van der Waals surface area contributed by atoms with Gasteiger partial charge in [0.05, 0.1) is 4.92 Å². The van der Waals surface area contributed by atoms with E-state index in [1.54, 1.807) is 17.5 Å². The molecule has 1 fully saturated rings. The van der Waals surface area contributed by atoms with E-state index in [1.165, 1.54) is 17.4 Å². The number of fused-ring (bicyclic) bond motifs is 1. The number of hydrogen-bond donors (Lipinski definition) is 1. The summed E-state index contributed by atoms with van der Waals surface area (Å²) in [5, 5.41) is 17.6. The van der Waals surface area contributed by atoms with Gasteiger partial charge in [0.1, 0.15) is 17.0 Å². The normalized spacial score (nSPS) is 13.9. The summed E-state index contributed by atoms with van der Waals surface area (Å²) in [6, 6.07) is 14.2. The number of furan rings is 1. The number of carbonyl (C=O) groups excluding carboxylic acids is 1. The van der Waals surface area contributed by atoms with Crippen LogP contribution in [0.5, 0.6) is 0 Å². The van der Waals surface area contributed by atoms with Crippen molar-refractivity contribution in [1.82, 2.24) is 4.98 Å². The number of anilines is 2. The number of piperidine rings is 1. The molecular formula is C23H20N4O4S. The standard InChI is InChI=1S/C23H20N4O4S/c28-22(16-8-9-18(19(12-16)27(29)30)26-10-4-1-5-11-26)25-23-24-17(14-32-23)21-13-15-6-2-3-7-20(15)31-21/h2-3,6-9,12-14H,1,4-5,10-11H2,(H,24,25,28). The smallest absolute Gasteiger partial charge is 0.293 e. The topological polar surface area (TPSA) is 102 Å². The Balaban J connectivity index is 1.35. The Hall–Kier alpha value is -3.72. The van der Waals surface area contributed by atoms with E-state index >= 15 is 0 Å². The Morgan fingerprint density at radius 2 is 1.94 bits per heavy atom. The van der Waals surface area contributed by atoms with Crippen molar-refractivity contribution < 1.29 is 14.1 Å². The quantitative estimate of drug-likeness (QED) is 0.310. The van der Waals surface area contributed by atoms with Crippen LogP contribution >= 0.6 is 11.3 Å². The molecule has 0 atom stereocenters. The number of nitrogens with one attached hydrogen (secondary N) is 1. The van der Waals surface area contributed by atoms with E-state index in [4.69, 9.17) is 4.42 Å². The molecule has 1 aliphatic rings. The maximum Gasteiger partial charge on any atom is 0.293 e. The van der Waals surface area contributed by atoms with Crippen LogP contribution in [0.4, 0.5) is 16.5 Å². The van der Waals surface area contributed by atoms with Crippen molar-refractivity contribution in [3.05, 3.63) is 69.6 Å². The van der Waals surface area contributed by atoms with E-state index in [-0.39, 0.29) is 11.3 Å². The number of aromatic nitrogens is 1. The van der Waals surface area contributed by atoms with Gasteiger partial charge in [-0.3, -0.25) is 20.2 Å². The zero-order chi connectivity index (χ0) is 22.1. The molecule has 1 N–H and O–H groups in total. The molecule has 2 aromatic carbocycles. The zero-order valence-electron chi connectivity index (χ0n) is 17.1. The van der Waals surface area contributed by atoms with Crippen LogP contribution in [0.3, 0.4) is 0 Å². The highest BCUT2D eigenvalue weighted by Crippen LogP contribution is 2.33. The van der Waals surface area contributed by atoms with Crippen LogP contribution in [0.2, 0.25) is 0 Å². The average molecular weight is 449 g/mol. The molecule has 5 rings (SSSR count). The number of rotatable bonds is 5. The minimum atomic E-state index is -0.441. The number of nitro benzene ring substituents is 1. The van der Waals surface area contributed by atoms with Gasteiger partial charge in [0.15, 0.2) is 10.9 Å². The molecular weight excluding hydrogens is 428 g/mol. The third kappa shape index (κ3) is 3.94. The van der Waals surface area contributed by atoms with Crippen molar-refractivity contribution >= 4 is 44.7 Å². The second-order valence-electron chi connectivity index (χ2n) is 7.65. The van der Waals surface area contributed by atoms with Gasteiger partial charge >= 0.3 is 0 Å². The zero-order valence-corrected chi connectivity index (χ0v) is 17.9. The van der Waals surface area contributed by atoms with Gasteiger partial charge in [-0.05, 0) is 43.5 Å². The van der Waals surface area contributed by atoms with Gasteiger partial charge in [-0.2, -0.15) is 0 Å². The van der Waals surface area contributed by atoms with Crippen LogP contribution in [-0.4, -0.2) is 28.9 Å². The number of benzene rings is 2. The third-order valence-corrected chi connectivity index (χ3v) is 6.29. The summed E-state index contributed by atoms with van der Waals surface area (Å²) in [6.45, 7) is 1.58. The Bertz CT molecular complexity index is 1270. The molecule has 1 aliphatic heterocycles. The van der Waals surface area contributed by atoms with E-state index in [1.807, 2.05) is 35.2 Å². The summed E-state index contributed by atoms with van der Waals surface area (Å²) >= 11 is 1.27. The fraction of sp³-hybridized carbons (Fsp3) is 0.217. The number of thiazole rings is 1. The van der Waals surface area contributed by atoms with Gasteiger partial charge in [0.25, 0.3) is 11.6 Å². The van der Waals surface area contributed by atoms with Gasteiger partial charge in [0.2, 0.25) is 0 Å². The van der Waals surface area contributed by atoms with Gasteiger partial charge < -0.3 is 9.32 Å². The van der Waals surface area contributed by atoms with E-state index in [9.17, 15) is 14.9 Å². The van der Waals surface area contributed by atoms with Crippen LogP contribution in [-0.2, 0) is 0 Å². The molecule has 0 saturated carbocycles. The van der Waals surface area contributed by atoms with E-state index in [0.29, 0.717) is 22.3 Å². The third-order valence-electron chi connectivity index (χ3n) is 5.53. The number of amides is 1. The van der Waals surface area contributed by atoms with Gasteiger partial charge in [-0.15, -0.1) is 11.3 Å². The molecule has 162 valence electrons. The Kier molecular flexibility index (Phi) is 5.32. The molecule has 4 aromatic rings. The number of carbonyl (C=O) groups is 1. The Morgan fingerprint density at radius 3 is 2.72 bits per heavy atom. The summed E-state index contributed by atoms with van der Waals surface area (Å²) in [6.07, 6.45) is 3.16. The van der Waals surface area contributed by atoms with Crippen LogP contribution in [0.15, 0.2) is 58.3 Å². The highest BCUT2D eigenvalue weighted by atomic mass is 32.1. The highest BCUT2D eigenvalue weighted by molar-refractivity contribution is 7.14. The molecule has 2 aromatic heterocycles. The first-order valence-corrected chi connectivity index (χ1v) is 11.3. The second-order valence-corrected chi connectivity index (χ2v) is 8.51. The van der Waals surface area contributed by atoms with Crippen molar-refractivity contribution in [1.29, 1.82) is 0 Å². The Labute approximate surface area is 187 Å². The fourth-order valence-electron chi connectivity index (χ4n) is 3.93. The Morgan fingerprint density at radius 1 is 1.12 bits per heavy atom. The minimum Gasteiger partial charge on any atom is -0.454 e. The summed E-state index contributed by atoms with van der Waals surface area (Å²) in [5.74, 6) is 0.174. The fourth-order valence-corrected chi connectivity index (χ4v) is 4.63. The molecule has 0 unspecified atom stereocenters. The second kappa shape index (κ2) is 8.43. The molecule has 0 spiro atoms. The predicted molar refractivity (Wildman–Crippen MR) is 124 cm³/mol. The largest absolute Gasteiger partial charge is 0.454 e. The van der Waals surface area contributed by atoms with Crippen LogP contribution in [0.1, 0.15) is 29.6 Å². The number of nitrogens with zero attached hydrogens (tertiary/aromatic N) is 3. The lowest BCUT2D eigenvalue weighted by molar-refractivity contribution is -0.384. The molecule has 0 radical (unpaired) electrons. The average Bonchev–Trinajstić information content (AvgIpc) is 3.46. The van der Waals surface area contributed by atoms with E-state index in [0.717, 1.165) is 43.3 Å². The van der Waals surface area contributed by atoms with E-state index < -0.39 is 10.8 Å². The molecule has 0 bridgehead atoms. The molecule has 32 heavy (non-hydrogen) atoms. The maximum atomic E-state index is 12.8. The first-order chi connectivity index (χ1) is 15.6. The van der Waals surface area contributed by atoms with Gasteiger partial charge in [-0.25, -0.2) is 4.98 Å². The number of hydrogen-bond acceptors (Lipinski definition) is 7. The molecule has 1 saturated heterocycles. The maximum absolute atomic E-state index is 12.8. The molecule has 8 nitrogen and oxygen atoms in total. The summed E-state index contributed by atoms with van der Waals surface area (Å²) in [7, 11) is 0. The lowest BCUT2D eigenvalue weighted by Crippen LogP contribution is -2.30. The molecule has 0 aliphatic carbocycles. The number of para-hydroxylation sites is 1. The first kappa shape index (κ1) is 20.2. The lowest BCUT2D eigenvalue weighted by Gasteiger charge is -2.28. The predicted octanol–water partition coefficient (Wildman–Crippen LogP) is 5.71. The van der Waals surface area contributed by atoms with Crippen molar-refractivity contribution in [3.8, 4) is 11.5 Å². The van der Waals surface area contributed by atoms with Gasteiger partial charge in [-0.1, -0.05) is 18.2 Å². The molecule has 3 heterocycles. The lowest BCUT2D eigenvalue weighted by atomic mass is 10.1. The van der Waals surface area contributed by atoms with Crippen LogP contribution in [0, 0.1) is 10.1 Å². The van der Waals surface area contributed by atoms with Crippen LogP contribution in [0.25, 0.3) is 22.4 Å². The monoisotopic (exact) mass is 448 g/mol. The highest BCUT2D eigenvalue weighted by Gasteiger charge is 2.23. The number of nitro groups is 1. The molecule has 1 amide bonds. The minimum absolute atomic E-state index is 0.0540. The summed E-state index contributed by atoms with van der Waals surface area (Å²) in [4.78, 5) is 30.4. The van der Waals surface area contributed by atoms with Crippen molar-refractivity contribution in [2.45, 2.75) is 19.3 Å². The van der Waals surface area contributed by atoms with E-state index in [2.05, 4.69) is 10.3 Å². The molecule has 9 heteroatoms. The first-order valence-electron chi connectivity index (χ1n) is 10.4.